The maximum atomic E-state index is 12.6. The van der Waals surface area contributed by atoms with E-state index in [1.807, 2.05) is 6.92 Å². The fourth-order valence-electron chi connectivity index (χ4n) is 1.52. The zero-order chi connectivity index (χ0) is 7.78. The first-order valence-corrected chi connectivity index (χ1v) is 3.63. The molecule has 1 aliphatic rings. The maximum absolute atomic E-state index is 12.6. The third kappa shape index (κ3) is 1.45. The number of rotatable bonds is 1. The average Bonchev–Trinajstić information content (AvgIpc) is 2.05. The van der Waals surface area contributed by atoms with Crippen LogP contribution in [0.1, 0.15) is 19.8 Å². The van der Waals surface area contributed by atoms with Gasteiger partial charge < -0.3 is 0 Å². The predicted octanol–water partition coefficient (Wildman–Crippen LogP) is 1.74. The van der Waals surface area contributed by atoms with Crippen molar-refractivity contribution in [1.29, 1.82) is 0 Å². The van der Waals surface area contributed by atoms with Gasteiger partial charge in [-0.05, 0) is 13.5 Å². The van der Waals surface area contributed by atoms with Crippen molar-refractivity contribution in [2.45, 2.75) is 31.7 Å². The monoisotopic (exact) mass is 149 g/mol. The van der Waals surface area contributed by atoms with E-state index >= 15 is 0 Å². The number of hydrogen-bond acceptors (Lipinski definition) is 1. The molecule has 0 aromatic rings. The van der Waals surface area contributed by atoms with Gasteiger partial charge >= 0.3 is 0 Å². The van der Waals surface area contributed by atoms with E-state index in [9.17, 15) is 8.78 Å². The Balaban J connectivity index is 2.52. The molecule has 0 bridgehead atoms. The Bertz CT molecular complexity index is 125. The molecule has 0 aromatic heterocycles. The summed E-state index contributed by atoms with van der Waals surface area (Å²) in [5, 5.41) is 0. The van der Waals surface area contributed by atoms with Gasteiger partial charge in [0, 0.05) is 12.5 Å². The second-order valence-corrected chi connectivity index (χ2v) is 3.04. The molecule has 60 valence electrons. The third-order valence-corrected chi connectivity index (χ3v) is 2.11. The second-order valence-electron chi connectivity index (χ2n) is 3.04. The molecule has 0 aromatic carbocycles. The lowest BCUT2D eigenvalue weighted by Crippen LogP contribution is -2.25. The first kappa shape index (κ1) is 7.92. The molecule has 1 nitrogen and oxygen atoms in total. The molecule has 1 aliphatic heterocycles. The van der Waals surface area contributed by atoms with E-state index < -0.39 is 5.92 Å². The van der Waals surface area contributed by atoms with E-state index in [0.717, 1.165) is 6.42 Å². The molecule has 3 heteroatoms. The van der Waals surface area contributed by atoms with Crippen molar-refractivity contribution in [2.75, 3.05) is 13.6 Å². The summed E-state index contributed by atoms with van der Waals surface area (Å²) in [5.41, 5.74) is 0. The normalized spacial score (nSPS) is 33.0. The number of halogens is 2. The Labute approximate surface area is 60.0 Å². The zero-order valence-corrected chi connectivity index (χ0v) is 6.40. The van der Waals surface area contributed by atoms with E-state index in [-0.39, 0.29) is 19.0 Å². The largest absolute Gasteiger partial charge is 0.297 e. The van der Waals surface area contributed by atoms with Crippen LogP contribution in [0.15, 0.2) is 0 Å². The van der Waals surface area contributed by atoms with E-state index in [2.05, 4.69) is 0 Å². The van der Waals surface area contributed by atoms with Crippen molar-refractivity contribution in [1.82, 2.24) is 4.90 Å². The van der Waals surface area contributed by atoms with Crippen LogP contribution in [0.25, 0.3) is 0 Å². The van der Waals surface area contributed by atoms with Crippen LogP contribution in [0.4, 0.5) is 8.78 Å². The van der Waals surface area contributed by atoms with Crippen LogP contribution in [0.2, 0.25) is 0 Å². The van der Waals surface area contributed by atoms with Gasteiger partial charge in [0.05, 0.1) is 6.54 Å². The fourth-order valence-corrected chi connectivity index (χ4v) is 1.52. The number of hydrogen-bond donors (Lipinski definition) is 0. The molecule has 1 atom stereocenters. The molecule has 0 unspecified atom stereocenters. The Morgan fingerprint density at radius 2 is 2.20 bits per heavy atom. The highest BCUT2D eigenvalue weighted by atomic mass is 19.3. The molecule has 10 heavy (non-hydrogen) atoms. The molecule has 1 saturated heterocycles. The minimum absolute atomic E-state index is 0.0417. The standard InChI is InChI=1S/C7H13F2N/c1-3-6-4-7(8,9)5-10(6)2/h6H,3-5H2,1-2H3/t6-/m0/s1. The molecule has 1 heterocycles. The quantitative estimate of drug-likeness (QED) is 0.549. The van der Waals surface area contributed by atoms with Gasteiger partial charge in [-0.2, -0.15) is 0 Å². The summed E-state index contributed by atoms with van der Waals surface area (Å²) in [4.78, 5) is 1.74. The van der Waals surface area contributed by atoms with E-state index in [0.29, 0.717) is 0 Å². The Kier molecular flexibility index (Phi) is 1.95. The first-order valence-electron chi connectivity index (χ1n) is 3.63. The summed E-state index contributed by atoms with van der Waals surface area (Å²) in [7, 11) is 1.76. The van der Waals surface area contributed by atoms with Crippen LogP contribution in [0, 0.1) is 0 Å². The van der Waals surface area contributed by atoms with Gasteiger partial charge in [-0.25, -0.2) is 8.78 Å². The van der Waals surface area contributed by atoms with Crippen LogP contribution in [-0.2, 0) is 0 Å². The predicted molar refractivity (Wildman–Crippen MR) is 36.3 cm³/mol. The van der Waals surface area contributed by atoms with Gasteiger partial charge in [-0.1, -0.05) is 6.92 Å². The molecule has 0 saturated carbocycles. The average molecular weight is 149 g/mol. The lowest BCUT2D eigenvalue weighted by Gasteiger charge is -2.14. The highest BCUT2D eigenvalue weighted by Gasteiger charge is 2.41. The summed E-state index contributed by atoms with van der Waals surface area (Å²) in [6, 6.07) is 0.0926. The van der Waals surface area contributed by atoms with Gasteiger partial charge in [0.1, 0.15) is 0 Å². The molecule has 0 aliphatic carbocycles. The highest BCUT2D eigenvalue weighted by molar-refractivity contribution is 4.87. The molecule has 0 amide bonds. The highest BCUT2D eigenvalue weighted by Crippen LogP contribution is 2.31. The molecule has 0 spiro atoms. The summed E-state index contributed by atoms with van der Waals surface area (Å²) in [5.74, 6) is -2.44. The molecule has 1 fully saturated rings. The van der Waals surface area contributed by atoms with E-state index in [1.54, 1.807) is 11.9 Å². The molecule has 0 N–H and O–H groups in total. The minimum atomic E-state index is -2.44. The van der Waals surface area contributed by atoms with Crippen LogP contribution in [0.5, 0.6) is 0 Å². The van der Waals surface area contributed by atoms with Crippen molar-refractivity contribution in [3.8, 4) is 0 Å². The molecular weight excluding hydrogens is 136 g/mol. The summed E-state index contributed by atoms with van der Waals surface area (Å²) >= 11 is 0. The number of alkyl halides is 2. The smallest absolute Gasteiger partial charge is 0.262 e. The Morgan fingerprint density at radius 1 is 1.60 bits per heavy atom. The molecule has 0 radical (unpaired) electrons. The SMILES string of the molecule is CC[C@H]1CC(F)(F)CN1C. The van der Waals surface area contributed by atoms with E-state index in [4.69, 9.17) is 0 Å². The van der Waals surface area contributed by atoms with Gasteiger partial charge in [-0.3, -0.25) is 4.90 Å². The van der Waals surface area contributed by atoms with Crippen molar-refractivity contribution in [3.63, 3.8) is 0 Å². The van der Waals surface area contributed by atoms with Crippen LogP contribution < -0.4 is 0 Å². The van der Waals surface area contributed by atoms with Crippen LogP contribution >= 0.6 is 0 Å². The topological polar surface area (TPSA) is 3.24 Å². The van der Waals surface area contributed by atoms with Crippen molar-refractivity contribution in [3.05, 3.63) is 0 Å². The van der Waals surface area contributed by atoms with Crippen LogP contribution in [-0.4, -0.2) is 30.5 Å². The van der Waals surface area contributed by atoms with Gasteiger partial charge in [0.15, 0.2) is 0 Å². The second kappa shape index (κ2) is 2.46. The number of nitrogens with zero attached hydrogens (tertiary/aromatic N) is 1. The van der Waals surface area contributed by atoms with Crippen molar-refractivity contribution < 1.29 is 8.78 Å². The maximum Gasteiger partial charge on any atom is 0.262 e. The van der Waals surface area contributed by atoms with Gasteiger partial charge in [-0.15, -0.1) is 0 Å². The zero-order valence-electron chi connectivity index (χ0n) is 6.40. The third-order valence-electron chi connectivity index (χ3n) is 2.11. The number of likely N-dealkylation sites (tertiary alicyclic amines) is 1. The lowest BCUT2D eigenvalue weighted by atomic mass is 10.1. The Hall–Kier alpha value is -0.180. The van der Waals surface area contributed by atoms with Crippen molar-refractivity contribution in [2.24, 2.45) is 0 Å². The first-order chi connectivity index (χ1) is 4.55. The molecular formula is C7H13F2N. The fraction of sp³-hybridized carbons (Fsp3) is 1.00. The van der Waals surface area contributed by atoms with Crippen molar-refractivity contribution >= 4 is 0 Å². The minimum Gasteiger partial charge on any atom is -0.297 e. The summed E-state index contributed by atoms with van der Waals surface area (Å²) in [6.07, 6.45) is 0.867. The Morgan fingerprint density at radius 3 is 2.40 bits per heavy atom. The van der Waals surface area contributed by atoms with Gasteiger partial charge in [0.25, 0.3) is 5.92 Å². The van der Waals surface area contributed by atoms with Gasteiger partial charge in [0.2, 0.25) is 0 Å². The van der Waals surface area contributed by atoms with E-state index in [1.165, 1.54) is 0 Å². The molecule has 1 rings (SSSR count). The lowest BCUT2D eigenvalue weighted by molar-refractivity contribution is 0.0140. The van der Waals surface area contributed by atoms with Crippen LogP contribution in [0.3, 0.4) is 0 Å². The summed E-state index contributed by atoms with van der Waals surface area (Å²) < 4.78 is 25.2. The summed E-state index contributed by atoms with van der Waals surface area (Å²) in [6.45, 7) is 1.88.